The van der Waals surface area contributed by atoms with E-state index >= 15 is 0 Å². The number of amides is 1. The molecular weight excluding hydrogens is 265 g/mol. The molecule has 1 amide bonds. The third-order valence-electron chi connectivity index (χ3n) is 2.16. The molecule has 1 aromatic carbocycles. The fourth-order valence-electron chi connectivity index (χ4n) is 1.22. The molecular formula is C11H13F3N2O3. The van der Waals surface area contributed by atoms with Crippen LogP contribution in [0.15, 0.2) is 24.3 Å². The number of rotatable bonds is 4. The van der Waals surface area contributed by atoms with E-state index in [-0.39, 0.29) is 5.69 Å². The summed E-state index contributed by atoms with van der Waals surface area (Å²) in [5.74, 6) is -1.17. The Kier molecular flexibility index (Phi) is 4.73. The van der Waals surface area contributed by atoms with Crippen LogP contribution in [-0.2, 0) is 4.79 Å². The lowest BCUT2D eigenvalue weighted by molar-refractivity contribution is -0.274. The van der Waals surface area contributed by atoms with Gasteiger partial charge in [-0.15, -0.1) is 13.2 Å². The van der Waals surface area contributed by atoms with Crippen LogP contribution in [0.1, 0.15) is 6.92 Å². The number of ether oxygens (including phenoxy) is 1. The minimum atomic E-state index is -4.81. The van der Waals surface area contributed by atoms with Gasteiger partial charge in [0.05, 0.1) is 6.10 Å². The monoisotopic (exact) mass is 278 g/mol. The molecule has 1 rings (SSSR count). The smallest absolute Gasteiger partial charge is 0.406 e. The lowest BCUT2D eigenvalue weighted by Crippen LogP contribution is -2.43. The Morgan fingerprint density at radius 1 is 1.47 bits per heavy atom. The van der Waals surface area contributed by atoms with Crippen molar-refractivity contribution in [3.05, 3.63) is 24.3 Å². The van der Waals surface area contributed by atoms with Crippen LogP contribution in [0, 0.1) is 0 Å². The Bertz CT molecular complexity index is 449. The van der Waals surface area contributed by atoms with E-state index in [2.05, 4.69) is 10.1 Å². The zero-order chi connectivity index (χ0) is 14.6. The van der Waals surface area contributed by atoms with Gasteiger partial charge in [-0.05, 0) is 19.1 Å². The van der Waals surface area contributed by atoms with Crippen LogP contribution in [0.25, 0.3) is 0 Å². The molecule has 0 saturated carbocycles. The largest absolute Gasteiger partial charge is 0.573 e. The highest BCUT2D eigenvalue weighted by Gasteiger charge is 2.31. The lowest BCUT2D eigenvalue weighted by atomic mass is 10.2. The van der Waals surface area contributed by atoms with Crippen molar-refractivity contribution in [1.29, 1.82) is 0 Å². The molecule has 0 aromatic heterocycles. The molecule has 106 valence electrons. The molecule has 0 radical (unpaired) electrons. The van der Waals surface area contributed by atoms with E-state index in [1.54, 1.807) is 0 Å². The fourth-order valence-corrected chi connectivity index (χ4v) is 1.22. The molecule has 0 heterocycles. The number of anilines is 1. The summed E-state index contributed by atoms with van der Waals surface area (Å²) in [5, 5.41) is 11.4. The summed E-state index contributed by atoms with van der Waals surface area (Å²) in [6.07, 6.45) is -5.88. The molecule has 0 fully saturated rings. The normalized spacial score (nSPS) is 14.6. The first-order chi connectivity index (χ1) is 8.69. The van der Waals surface area contributed by atoms with Crippen LogP contribution in [0.4, 0.5) is 18.9 Å². The van der Waals surface area contributed by atoms with Crippen molar-refractivity contribution in [3.8, 4) is 5.75 Å². The zero-order valence-electron chi connectivity index (χ0n) is 9.94. The van der Waals surface area contributed by atoms with Gasteiger partial charge in [-0.1, -0.05) is 6.07 Å². The van der Waals surface area contributed by atoms with Gasteiger partial charge in [0, 0.05) is 11.8 Å². The van der Waals surface area contributed by atoms with E-state index in [1.807, 2.05) is 0 Å². The molecule has 4 N–H and O–H groups in total. The molecule has 0 spiro atoms. The quantitative estimate of drug-likeness (QED) is 0.773. The number of halogens is 3. The highest BCUT2D eigenvalue weighted by Crippen LogP contribution is 2.25. The average molecular weight is 278 g/mol. The van der Waals surface area contributed by atoms with Gasteiger partial charge in [0.25, 0.3) is 0 Å². The molecule has 8 heteroatoms. The van der Waals surface area contributed by atoms with E-state index in [1.165, 1.54) is 19.1 Å². The van der Waals surface area contributed by atoms with Crippen molar-refractivity contribution in [2.24, 2.45) is 5.73 Å². The average Bonchev–Trinajstić information content (AvgIpc) is 2.25. The summed E-state index contributed by atoms with van der Waals surface area (Å²) in [4.78, 5) is 11.5. The van der Waals surface area contributed by atoms with Crippen molar-refractivity contribution in [2.45, 2.75) is 25.4 Å². The maximum atomic E-state index is 12.0. The number of carbonyl (C=O) groups excluding carboxylic acids is 1. The van der Waals surface area contributed by atoms with E-state index in [0.29, 0.717) is 0 Å². The second-order valence-corrected chi connectivity index (χ2v) is 3.83. The summed E-state index contributed by atoms with van der Waals surface area (Å²) in [6, 6.07) is 3.57. The molecule has 0 bridgehead atoms. The van der Waals surface area contributed by atoms with E-state index in [0.717, 1.165) is 12.1 Å². The summed E-state index contributed by atoms with van der Waals surface area (Å²) in [6.45, 7) is 1.33. The Morgan fingerprint density at radius 3 is 2.63 bits per heavy atom. The van der Waals surface area contributed by atoms with Crippen molar-refractivity contribution in [3.63, 3.8) is 0 Å². The molecule has 0 aliphatic heterocycles. The minimum absolute atomic E-state index is 0.0860. The summed E-state index contributed by atoms with van der Waals surface area (Å²) in [5.41, 5.74) is 5.46. The molecule has 0 aliphatic carbocycles. The predicted molar refractivity (Wildman–Crippen MR) is 61.4 cm³/mol. The number of aliphatic hydroxyl groups excluding tert-OH is 1. The first-order valence-electron chi connectivity index (χ1n) is 5.29. The van der Waals surface area contributed by atoms with Crippen LogP contribution in [-0.4, -0.2) is 29.5 Å². The van der Waals surface area contributed by atoms with Crippen LogP contribution in [0.3, 0.4) is 0 Å². The SMILES string of the molecule is C[C@@H](O)[C@@H](N)C(=O)Nc1cccc(OC(F)(F)F)c1. The standard InChI is InChI=1S/C11H13F3N2O3/c1-6(17)9(15)10(18)16-7-3-2-4-8(5-7)19-11(12,13)14/h2-6,9,17H,15H2,1H3,(H,16,18)/t6-,9-/m1/s1. The van der Waals surface area contributed by atoms with E-state index in [4.69, 9.17) is 10.8 Å². The Balaban J connectivity index is 2.75. The van der Waals surface area contributed by atoms with Crippen LogP contribution < -0.4 is 15.8 Å². The maximum absolute atomic E-state index is 12.0. The highest BCUT2D eigenvalue weighted by atomic mass is 19.4. The van der Waals surface area contributed by atoms with Gasteiger partial charge in [-0.25, -0.2) is 0 Å². The third kappa shape index (κ3) is 5.14. The van der Waals surface area contributed by atoms with Gasteiger partial charge >= 0.3 is 6.36 Å². The van der Waals surface area contributed by atoms with Gasteiger partial charge in [0.1, 0.15) is 11.8 Å². The van der Waals surface area contributed by atoms with Crippen LogP contribution in [0.2, 0.25) is 0 Å². The molecule has 2 atom stereocenters. The number of carbonyl (C=O) groups is 1. The zero-order valence-corrected chi connectivity index (χ0v) is 9.94. The lowest BCUT2D eigenvalue weighted by Gasteiger charge is -2.15. The van der Waals surface area contributed by atoms with Gasteiger partial charge in [0.15, 0.2) is 0 Å². The number of nitrogens with one attached hydrogen (secondary N) is 1. The molecule has 1 aromatic rings. The number of aliphatic hydroxyl groups is 1. The number of nitrogens with two attached hydrogens (primary N) is 1. The summed E-state index contributed by atoms with van der Waals surface area (Å²) >= 11 is 0. The summed E-state index contributed by atoms with van der Waals surface area (Å²) in [7, 11) is 0. The topological polar surface area (TPSA) is 84.6 Å². The van der Waals surface area contributed by atoms with E-state index in [9.17, 15) is 18.0 Å². The van der Waals surface area contributed by atoms with Crippen molar-refractivity contribution in [1.82, 2.24) is 0 Å². The number of hydrogen-bond donors (Lipinski definition) is 3. The Hall–Kier alpha value is -1.80. The van der Waals surface area contributed by atoms with Gasteiger partial charge < -0.3 is 20.9 Å². The first-order valence-corrected chi connectivity index (χ1v) is 5.29. The van der Waals surface area contributed by atoms with Crippen molar-refractivity contribution < 1.29 is 27.8 Å². The number of alkyl halides is 3. The van der Waals surface area contributed by atoms with Crippen molar-refractivity contribution >= 4 is 11.6 Å². The van der Waals surface area contributed by atoms with Gasteiger partial charge in [-0.3, -0.25) is 4.79 Å². The van der Waals surface area contributed by atoms with Crippen LogP contribution >= 0.6 is 0 Å². The van der Waals surface area contributed by atoms with Crippen molar-refractivity contribution in [2.75, 3.05) is 5.32 Å². The second kappa shape index (κ2) is 5.89. The predicted octanol–water partition coefficient (Wildman–Crippen LogP) is 1.23. The first kappa shape index (κ1) is 15.3. The fraction of sp³-hybridized carbons (Fsp3) is 0.364. The Labute approximate surface area is 107 Å². The summed E-state index contributed by atoms with van der Waals surface area (Å²) < 4.78 is 39.7. The van der Waals surface area contributed by atoms with Gasteiger partial charge in [0.2, 0.25) is 5.91 Å². The number of benzene rings is 1. The Morgan fingerprint density at radius 2 is 2.11 bits per heavy atom. The highest BCUT2D eigenvalue weighted by molar-refractivity contribution is 5.95. The molecule has 0 saturated heterocycles. The molecule has 0 aliphatic rings. The molecule has 0 unspecified atom stereocenters. The van der Waals surface area contributed by atoms with E-state index < -0.39 is 30.2 Å². The maximum Gasteiger partial charge on any atom is 0.573 e. The van der Waals surface area contributed by atoms with Gasteiger partial charge in [-0.2, -0.15) is 0 Å². The number of hydrogen-bond acceptors (Lipinski definition) is 4. The molecule has 5 nitrogen and oxygen atoms in total. The van der Waals surface area contributed by atoms with Crippen LogP contribution in [0.5, 0.6) is 5.75 Å². The minimum Gasteiger partial charge on any atom is -0.406 e. The second-order valence-electron chi connectivity index (χ2n) is 3.83. The molecule has 19 heavy (non-hydrogen) atoms. The third-order valence-corrected chi connectivity index (χ3v) is 2.16.